The van der Waals surface area contributed by atoms with E-state index < -0.39 is 5.97 Å². The van der Waals surface area contributed by atoms with Crippen molar-refractivity contribution in [3.05, 3.63) is 11.5 Å². The van der Waals surface area contributed by atoms with Crippen molar-refractivity contribution >= 4 is 5.97 Å². The van der Waals surface area contributed by atoms with Crippen LogP contribution in [-0.2, 0) is 9.53 Å². The Balaban J connectivity index is 2.22. The molecule has 0 saturated carbocycles. The summed E-state index contributed by atoms with van der Waals surface area (Å²) < 4.78 is 5.07. The Hall–Kier alpha value is -0.990. The second-order valence-corrected chi connectivity index (χ2v) is 3.22. The summed E-state index contributed by atoms with van der Waals surface area (Å²) in [4.78, 5) is 10.7. The lowest BCUT2D eigenvalue weighted by Crippen LogP contribution is -2.22. The smallest absolute Gasteiger partial charge is 0.314 e. The van der Waals surface area contributed by atoms with Gasteiger partial charge in [-0.05, 0) is 12.3 Å². The van der Waals surface area contributed by atoms with Gasteiger partial charge in [0.25, 0.3) is 0 Å². The molecule has 0 saturated heterocycles. The van der Waals surface area contributed by atoms with Crippen molar-refractivity contribution in [1.29, 1.82) is 0 Å². The molecule has 0 aromatic heterocycles. The molecule has 2 atom stereocenters. The van der Waals surface area contributed by atoms with Gasteiger partial charge in [-0.2, -0.15) is 0 Å². The zero-order valence-electron chi connectivity index (χ0n) is 6.33. The average molecular weight is 154 g/mol. The van der Waals surface area contributed by atoms with Gasteiger partial charge in [0.15, 0.2) is 5.76 Å². The fourth-order valence-corrected chi connectivity index (χ4v) is 1.66. The Morgan fingerprint density at radius 3 is 3.00 bits per heavy atom. The van der Waals surface area contributed by atoms with Crippen molar-refractivity contribution in [2.45, 2.75) is 19.8 Å². The Kier molecular flexibility index (Phi) is 1.22. The lowest BCUT2D eigenvalue weighted by molar-refractivity contribution is -0.142. The largest absolute Gasteiger partial charge is 0.481 e. The minimum Gasteiger partial charge on any atom is -0.481 e. The summed E-state index contributed by atoms with van der Waals surface area (Å²) in [5.74, 6) is 0.779. The highest BCUT2D eigenvalue weighted by atomic mass is 16.6. The molecule has 60 valence electrons. The van der Waals surface area contributed by atoms with Gasteiger partial charge in [-0.1, -0.05) is 6.92 Å². The van der Waals surface area contributed by atoms with Crippen molar-refractivity contribution in [2.24, 2.45) is 11.8 Å². The third-order valence-corrected chi connectivity index (χ3v) is 2.41. The van der Waals surface area contributed by atoms with Crippen LogP contribution in [0.25, 0.3) is 0 Å². The first-order valence-electron chi connectivity index (χ1n) is 3.84. The highest BCUT2D eigenvalue weighted by molar-refractivity contribution is 5.75. The molecule has 0 bridgehead atoms. The van der Waals surface area contributed by atoms with Crippen LogP contribution in [0.2, 0.25) is 0 Å². The lowest BCUT2D eigenvalue weighted by Gasteiger charge is -2.15. The van der Waals surface area contributed by atoms with E-state index in [0.717, 1.165) is 24.4 Å². The van der Waals surface area contributed by atoms with Crippen molar-refractivity contribution in [3.63, 3.8) is 0 Å². The third-order valence-electron chi connectivity index (χ3n) is 2.41. The molecule has 1 aliphatic heterocycles. The molecule has 0 fully saturated rings. The quantitative estimate of drug-likeness (QED) is 0.620. The molecule has 0 spiro atoms. The van der Waals surface area contributed by atoms with Gasteiger partial charge in [0, 0.05) is 6.42 Å². The van der Waals surface area contributed by atoms with Gasteiger partial charge in [-0.3, -0.25) is 4.79 Å². The van der Waals surface area contributed by atoms with E-state index in [-0.39, 0.29) is 11.8 Å². The van der Waals surface area contributed by atoms with Crippen LogP contribution in [0, 0.1) is 11.8 Å². The fourth-order valence-electron chi connectivity index (χ4n) is 1.66. The van der Waals surface area contributed by atoms with Crippen molar-refractivity contribution in [3.8, 4) is 0 Å². The van der Waals surface area contributed by atoms with E-state index in [4.69, 9.17) is 9.84 Å². The highest BCUT2D eigenvalue weighted by Crippen LogP contribution is 2.46. The van der Waals surface area contributed by atoms with E-state index in [2.05, 4.69) is 0 Å². The molecule has 2 aliphatic rings. The summed E-state index contributed by atoms with van der Waals surface area (Å²) in [5, 5.41) is 8.79. The zero-order chi connectivity index (χ0) is 8.01. The molecular weight excluding hydrogens is 144 g/mol. The first-order valence-corrected chi connectivity index (χ1v) is 3.84. The number of rotatable bonds is 1. The number of carboxylic acid groups (broad SMARTS) is 1. The molecule has 1 N–H and O–H groups in total. The van der Waals surface area contributed by atoms with Crippen LogP contribution >= 0.6 is 0 Å². The van der Waals surface area contributed by atoms with Crippen LogP contribution in [0.4, 0.5) is 0 Å². The van der Waals surface area contributed by atoms with E-state index in [1.54, 1.807) is 0 Å². The summed E-state index contributed by atoms with van der Waals surface area (Å²) in [6.07, 6.45) is 1.87. The average Bonchev–Trinajstić information content (AvgIpc) is 2.64. The number of allylic oxidation sites excluding steroid dienone is 1. The molecule has 3 nitrogen and oxygen atoms in total. The molecular formula is C8H10O3. The Morgan fingerprint density at radius 2 is 2.45 bits per heavy atom. The molecule has 2 unspecified atom stereocenters. The van der Waals surface area contributed by atoms with E-state index in [0.29, 0.717) is 0 Å². The monoisotopic (exact) mass is 154 g/mol. The van der Waals surface area contributed by atoms with Gasteiger partial charge in [0.05, 0.1) is 0 Å². The lowest BCUT2D eigenvalue weighted by atomic mass is 9.85. The van der Waals surface area contributed by atoms with Gasteiger partial charge in [-0.15, -0.1) is 0 Å². The Morgan fingerprint density at radius 1 is 1.73 bits per heavy atom. The zero-order valence-corrected chi connectivity index (χ0v) is 6.33. The van der Waals surface area contributed by atoms with Crippen molar-refractivity contribution in [2.75, 3.05) is 0 Å². The summed E-state index contributed by atoms with van der Waals surface area (Å²) >= 11 is 0. The van der Waals surface area contributed by atoms with Crippen molar-refractivity contribution < 1.29 is 14.6 Å². The molecule has 3 heteroatoms. The molecule has 0 radical (unpaired) electrons. The van der Waals surface area contributed by atoms with Gasteiger partial charge in [-0.25, -0.2) is 0 Å². The van der Waals surface area contributed by atoms with Crippen LogP contribution in [0.3, 0.4) is 0 Å². The topological polar surface area (TPSA) is 49.8 Å². The van der Waals surface area contributed by atoms with Gasteiger partial charge in [0.2, 0.25) is 0 Å². The maximum absolute atomic E-state index is 10.7. The van der Waals surface area contributed by atoms with Crippen LogP contribution in [0.15, 0.2) is 11.5 Å². The molecule has 2 rings (SSSR count). The van der Waals surface area contributed by atoms with Crippen LogP contribution in [-0.4, -0.2) is 11.1 Å². The molecule has 1 heterocycles. The van der Waals surface area contributed by atoms with E-state index in [1.807, 2.05) is 6.92 Å². The van der Waals surface area contributed by atoms with Crippen LogP contribution < -0.4 is 0 Å². The summed E-state index contributed by atoms with van der Waals surface area (Å²) in [7, 11) is 0. The predicted octanol–water partition coefficient (Wildman–Crippen LogP) is 1.36. The summed E-state index contributed by atoms with van der Waals surface area (Å²) in [6.45, 7) is 1.96. The summed E-state index contributed by atoms with van der Waals surface area (Å²) in [6, 6.07) is 0. The van der Waals surface area contributed by atoms with Crippen LogP contribution in [0.1, 0.15) is 19.8 Å². The molecule has 11 heavy (non-hydrogen) atoms. The van der Waals surface area contributed by atoms with Crippen molar-refractivity contribution in [1.82, 2.24) is 0 Å². The normalized spacial score (nSPS) is 34.3. The minimum atomic E-state index is -0.748. The number of carboxylic acids is 1. The van der Waals surface area contributed by atoms with E-state index in [9.17, 15) is 4.79 Å². The molecule has 0 aromatic rings. The second kappa shape index (κ2) is 2.00. The number of carbonyl (C=O) groups is 1. The third kappa shape index (κ3) is 0.914. The summed E-state index contributed by atoms with van der Waals surface area (Å²) in [5.41, 5.74) is 0. The number of hydrogen-bond donors (Lipinski definition) is 1. The first-order chi connectivity index (χ1) is 5.20. The number of aliphatic carboxylic acids is 1. The standard InChI is InChI=1S/C8H10O3/c1-4-2-3-5-7(11-5)6(4)8(9)10/h4,6H,2-3H2,1H3,(H,9,10). The SMILES string of the molecule is CC1CCC2=C(O2)C1C(=O)O. The maximum Gasteiger partial charge on any atom is 0.314 e. The molecule has 1 aliphatic carbocycles. The fraction of sp³-hybridized carbons (Fsp3) is 0.625. The molecule has 0 amide bonds. The number of ether oxygens (including phenoxy) is 1. The highest BCUT2D eigenvalue weighted by Gasteiger charge is 2.44. The van der Waals surface area contributed by atoms with E-state index in [1.165, 1.54) is 0 Å². The number of hydrogen-bond acceptors (Lipinski definition) is 2. The van der Waals surface area contributed by atoms with Gasteiger partial charge < -0.3 is 9.84 Å². The second-order valence-electron chi connectivity index (χ2n) is 3.22. The minimum absolute atomic E-state index is 0.230. The first kappa shape index (κ1) is 6.70. The molecule has 0 aromatic carbocycles. The maximum atomic E-state index is 10.7. The van der Waals surface area contributed by atoms with Crippen LogP contribution in [0.5, 0.6) is 0 Å². The predicted molar refractivity (Wildman–Crippen MR) is 37.6 cm³/mol. The Bertz CT molecular complexity index is 242. The Labute approximate surface area is 64.7 Å². The van der Waals surface area contributed by atoms with Gasteiger partial charge in [0.1, 0.15) is 11.7 Å². The van der Waals surface area contributed by atoms with Gasteiger partial charge >= 0.3 is 5.97 Å². The van der Waals surface area contributed by atoms with E-state index >= 15 is 0 Å².